The van der Waals surface area contributed by atoms with Crippen molar-refractivity contribution >= 4 is 27.3 Å². The molecule has 2 aromatic rings. The molecule has 1 atom stereocenters. The number of nitrogens with one attached hydrogen (secondary N) is 1. The molecule has 1 amide bonds. The van der Waals surface area contributed by atoms with Gasteiger partial charge in [-0.1, -0.05) is 35.9 Å². The van der Waals surface area contributed by atoms with Crippen molar-refractivity contribution in [3.63, 3.8) is 0 Å². The molecule has 9 heteroatoms. The summed E-state index contributed by atoms with van der Waals surface area (Å²) in [4.78, 5) is 22.9. The number of hydrogen-bond donors (Lipinski definition) is 1. The van der Waals surface area contributed by atoms with Crippen molar-refractivity contribution < 1.29 is 18.1 Å². The molecule has 0 saturated heterocycles. The third kappa shape index (κ3) is 5.29. The highest BCUT2D eigenvalue weighted by molar-refractivity contribution is 7.92. The molecule has 0 aliphatic carbocycles. The van der Waals surface area contributed by atoms with Crippen LogP contribution in [0.2, 0.25) is 0 Å². The fraction of sp³-hybridized carbons (Fsp3) is 0.316. The van der Waals surface area contributed by atoms with Crippen molar-refractivity contribution in [1.29, 1.82) is 0 Å². The van der Waals surface area contributed by atoms with Gasteiger partial charge in [-0.25, -0.2) is 8.42 Å². The zero-order chi connectivity index (χ0) is 21.1. The Morgan fingerprint density at radius 3 is 2.32 bits per heavy atom. The molecular formula is C19H23N3O5S. The summed E-state index contributed by atoms with van der Waals surface area (Å²) < 4.78 is 25.4. The molecule has 8 nitrogen and oxygen atoms in total. The van der Waals surface area contributed by atoms with Crippen LogP contribution in [-0.2, 0) is 14.8 Å². The number of rotatable bonds is 7. The minimum absolute atomic E-state index is 0.106. The standard InChI is InChI=1S/C19H23N3O5S/c1-13-5-8-16(9-6-13)15(3)20-19(23)12-21(28(4,26)27)18-11-17(22(24)25)10-7-14(18)2/h5-11,15H,12H2,1-4H3,(H,20,23)/t15-/m0/s1. The van der Waals surface area contributed by atoms with E-state index in [1.807, 2.05) is 31.2 Å². The Morgan fingerprint density at radius 2 is 1.79 bits per heavy atom. The van der Waals surface area contributed by atoms with Crippen LogP contribution in [0.4, 0.5) is 11.4 Å². The Labute approximate surface area is 164 Å². The highest BCUT2D eigenvalue weighted by atomic mass is 32.2. The number of nitro benzene ring substituents is 1. The number of nitrogens with zero attached hydrogens (tertiary/aromatic N) is 2. The molecule has 0 fully saturated rings. The van der Waals surface area contributed by atoms with E-state index in [1.165, 1.54) is 12.1 Å². The first kappa shape index (κ1) is 21.4. The van der Waals surface area contributed by atoms with Crippen LogP contribution >= 0.6 is 0 Å². The van der Waals surface area contributed by atoms with Crippen molar-refractivity contribution in [3.8, 4) is 0 Å². The number of amides is 1. The molecule has 1 N–H and O–H groups in total. The Kier molecular flexibility index (Phi) is 6.40. The maximum Gasteiger partial charge on any atom is 0.271 e. The van der Waals surface area contributed by atoms with Crippen LogP contribution in [0.15, 0.2) is 42.5 Å². The molecule has 0 unspecified atom stereocenters. The molecule has 0 radical (unpaired) electrons. The molecule has 2 rings (SSSR count). The maximum absolute atomic E-state index is 12.5. The molecule has 2 aromatic carbocycles. The van der Waals surface area contributed by atoms with Gasteiger partial charge in [0, 0.05) is 12.1 Å². The van der Waals surface area contributed by atoms with E-state index in [2.05, 4.69) is 5.32 Å². The number of carbonyl (C=O) groups is 1. The number of aryl methyl sites for hydroxylation is 2. The Bertz CT molecular complexity index is 987. The number of hydrogen-bond acceptors (Lipinski definition) is 5. The first-order valence-corrected chi connectivity index (χ1v) is 10.4. The summed E-state index contributed by atoms with van der Waals surface area (Å²) in [6.07, 6.45) is 0.960. The second-order valence-electron chi connectivity index (χ2n) is 6.70. The Balaban J connectivity index is 2.26. The molecule has 0 bridgehead atoms. The quantitative estimate of drug-likeness (QED) is 0.563. The molecule has 0 saturated carbocycles. The lowest BCUT2D eigenvalue weighted by molar-refractivity contribution is -0.384. The van der Waals surface area contributed by atoms with Gasteiger partial charge in [-0.05, 0) is 31.9 Å². The summed E-state index contributed by atoms with van der Waals surface area (Å²) in [5.41, 5.74) is 2.34. The monoisotopic (exact) mass is 405 g/mol. The van der Waals surface area contributed by atoms with Crippen LogP contribution in [0, 0.1) is 24.0 Å². The topological polar surface area (TPSA) is 110 Å². The van der Waals surface area contributed by atoms with Crippen LogP contribution in [0.1, 0.15) is 29.7 Å². The summed E-state index contributed by atoms with van der Waals surface area (Å²) >= 11 is 0. The van der Waals surface area contributed by atoms with Crippen LogP contribution in [0.25, 0.3) is 0 Å². The lowest BCUT2D eigenvalue weighted by Gasteiger charge is -2.24. The lowest BCUT2D eigenvalue weighted by atomic mass is 10.1. The van der Waals surface area contributed by atoms with E-state index in [1.54, 1.807) is 13.8 Å². The molecule has 0 aliphatic heterocycles. The predicted octanol–water partition coefficient (Wildman–Crippen LogP) is 2.86. The molecule has 150 valence electrons. The Morgan fingerprint density at radius 1 is 1.18 bits per heavy atom. The largest absolute Gasteiger partial charge is 0.348 e. The van der Waals surface area contributed by atoms with Crippen LogP contribution in [0.3, 0.4) is 0 Å². The van der Waals surface area contributed by atoms with E-state index < -0.39 is 27.4 Å². The lowest BCUT2D eigenvalue weighted by Crippen LogP contribution is -2.41. The second kappa shape index (κ2) is 8.39. The highest BCUT2D eigenvalue weighted by Crippen LogP contribution is 2.27. The van der Waals surface area contributed by atoms with Gasteiger partial charge in [0.15, 0.2) is 0 Å². The van der Waals surface area contributed by atoms with Gasteiger partial charge >= 0.3 is 0 Å². The van der Waals surface area contributed by atoms with Gasteiger partial charge in [0.2, 0.25) is 15.9 Å². The summed E-state index contributed by atoms with van der Waals surface area (Å²) in [6, 6.07) is 11.2. The molecular weight excluding hydrogens is 382 g/mol. The molecule has 0 aliphatic rings. The zero-order valence-electron chi connectivity index (χ0n) is 16.2. The minimum atomic E-state index is -3.83. The van der Waals surface area contributed by atoms with E-state index in [9.17, 15) is 23.3 Å². The van der Waals surface area contributed by atoms with Gasteiger partial charge in [0.25, 0.3) is 5.69 Å². The summed E-state index contributed by atoms with van der Waals surface area (Å²) in [7, 11) is -3.83. The van der Waals surface area contributed by atoms with Crippen LogP contribution < -0.4 is 9.62 Å². The normalized spacial score (nSPS) is 12.3. The van der Waals surface area contributed by atoms with Gasteiger partial charge in [-0.2, -0.15) is 0 Å². The summed E-state index contributed by atoms with van der Waals surface area (Å²) in [5, 5.41) is 13.8. The smallest absolute Gasteiger partial charge is 0.271 e. The van der Waals surface area contributed by atoms with Gasteiger partial charge in [-0.15, -0.1) is 0 Å². The van der Waals surface area contributed by atoms with Crippen molar-refractivity contribution in [3.05, 3.63) is 69.3 Å². The molecule has 0 aromatic heterocycles. The third-order valence-corrected chi connectivity index (χ3v) is 5.44. The van der Waals surface area contributed by atoms with Crippen LogP contribution in [0.5, 0.6) is 0 Å². The zero-order valence-corrected chi connectivity index (χ0v) is 17.0. The average molecular weight is 405 g/mol. The fourth-order valence-electron chi connectivity index (χ4n) is 2.72. The Hall–Kier alpha value is -2.94. The van der Waals surface area contributed by atoms with E-state index in [-0.39, 0.29) is 17.4 Å². The number of benzene rings is 2. The summed E-state index contributed by atoms with van der Waals surface area (Å²) in [6.45, 7) is 4.91. The maximum atomic E-state index is 12.5. The van der Waals surface area contributed by atoms with E-state index >= 15 is 0 Å². The van der Waals surface area contributed by atoms with Crippen molar-refractivity contribution in [2.45, 2.75) is 26.8 Å². The molecule has 0 heterocycles. The van der Waals surface area contributed by atoms with E-state index in [4.69, 9.17) is 0 Å². The van der Waals surface area contributed by atoms with Crippen molar-refractivity contribution in [2.24, 2.45) is 0 Å². The van der Waals surface area contributed by atoms with Gasteiger partial charge in [0.1, 0.15) is 6.54 Å². The summed E-state index contributed by atoms with van der Waals surface area (Å²) in [5.74, 6) is -0.510. The van der Waals surface area contributed by atoms with E-state index in [0.29, 0.717) is 5.56 Å². The number of anilines is 1. The van der Waals surface area contributed by atoms with Gasteiger partial charge < -0.3 is 5.32 Å². The highest BCUT2D eigenvalue weighted by Gasteiger charge is 2.25. The predicted molar refractivity (Wildman–Crippen MR) is 108 cm³/mol. The van der Waals surface area contributed by atoms with Crippen molar-refractivity contribution in [1.82, 2.24) is 5.32 Å². The van der Waals surface area contributed by atoms with E-state index in [0.717, 1.165) is 27.8 Å². The first-order chi connectivity index (χ1) is 13.0. The first-order valence-electron chi connectivity index (χ1n) is 8.57. The third-order valence-electron chi connectivity index (χ3n) is 4.31. The van der Waals surface area contributed by atoms with Gasteiger partial charge in [-0.3, -0.25) is 19.2 Å². The van der Waals surface area contributed by atoms with Gasteiger partial charge in [0.05, 0.1) is 22.9 Å². The molecule has 28 heavy (non-hydrogen) atoms. The second-order valence-corrected chi connectivity index (χ2v) is 8.60. The average Bonchev–Trinajstić information content (AvgIpc) is 2.59. The van der Waals surface area contributed by atoms with Crippen molar-refractivity contribution in [2.75, 3.05) is 17.1 Å². The fourth-order valence-corrected chi connectivity index (χ4v) is 3.62. The minimum Gasteiger partial charge on any atom is -0.348 e. The molecule has 0 spiro atoms. The number of non-ortho nitro benzene ring substituents is 1. The number of sulfonamides is 1. The SMILES string of the molecule is Cc1ccc([C@H](C)NC(=O)CN(c2cc([N+](=O)[O-])ccc2C)S(C)(=O)=O)cc1. The number of carbonyl (C=O) groups excluding carboxylic acids is 1. The van der Waals surface area contributed by atoms with Crippen LogP contribution in [-0.4, -0.2) is 32.0 Å². The number of nitro groups is 1.